The van der Waals surface area contributed by atoms with Gasteiger partial charge in [-0.3, -0.25) is 11.3 Å². The van der Waals surface area contributed by atoms with Gasteiger partial charge in [0.25, 0.3) is 0 Å². The zero-order valence-corrected chi connectivity index (χ0v) is 13.6. The highest BCUT2D eigenvalue weighted by molar-refractivity contribution is 9.10. The number of rotatable bonds is 6. The minimum Gasteiger partial charge on any atom is -0.271 e. The van der Waals surface area contributed by atoms with Gasteiger partial charge in [-0.2, -0.15) is 0 Å². The van der Waals surface area contributed by atoms with E-state index in [0.717, 1.165) is 4.47 Å². The minimum absolute atomic E-state index is 0.154. The van der Waals surface area contributed by atoms with Crippen molar-refractivity contribution in [3.05, 3.63) is 64.1 Å². The number of halogens is 3. The number of hydrogen-bond acceptors (Lipinski definition) is 3. The van der Waals surface area contributed by atoms with Crippen LogP contribution in [0.15, 0.2) is 51.8 Å². The Labute approximate surface area is 135 Å². The Bertz CT molecular complexity index is 610. The van der Waals surface area contributed by atoms with E-state index in [-0.39, 0.29) is 17.7 Å². The van der Waals surface area contributed by atoms with Crippen molar-refractivity contribution in [3.8, 4) is 0 Å². The predicted octanol–water partition coefficient (Wildman–Crippen LogP) is 3.89. The van der Waals surface area contributed by atoms with Crippen molar-refractivity contribution in [2.24, 2.45) is 5.84 Å². The van der Waals surface area contributed by atoms with Gasteiger partial charge in [0.05, 0.1) is 0 Å². The van der Waals surface area contributed by atoms with Crippen molar-refractivity contribution in [1.29, 1.82) is 0 Å². The summed E-state index contributed by atoms with van der Waals surface area (Å²) >= 11 is 4.68. The molecule has 2 nitrogen and oxygen atoms in total. The third-order valence-electron chi connectivity index (χ3n) is 2.99. The van der Waals surface area contributed by atoms with Crippen LogP contribution < -0.4 is 11.3 Å². The van der Waals surface area contributed by atoms with Crippen molar-refractivity contribution in [2.45, 2.75) is 17.4 Å². The molecule has 2 aromatic carbocycles. The van der Waals surface area contributed by atoms with Gasteiger partial charge in [-0.1, -0.05) is 28.1 Å². The Balaban J connectivity index is 2.00. The first kappa shape index (κ1) is 16.4. The molecule has 0 radical (unpaired) electrons. The highest BCUT2D eigenvalue weighted by Gasteiger charge is 2.13. The number of nitrogens with two attached hydrogens (primary N) is 1. The zero-order chi connectivity index (χ0) is 15.2. The summed E-state index contributed by atoms with van der Waals surface area (Å²) in [7, 11) is 0. The van der Waals surface area contributed by atoms with Crippen LogP contribution in [0, 0.1) is 11.6 Å². The van der Waals surface area contributed by atoms with E-state index in [9.17, 15) is 8.78 Å². The van der Waals surface area contributed by atoms with Crippen molar-refractivity contribution < 1.29 is 8.78 Å². The first-order chi connectivity index (χ1) is 10.1. The van der Waals surface area contributed by atoms with Crippen LogP contribution in [0.4, 0.5) is 8.78 Å². The normalized spacial score (nSPS) is 12.4. The molecule has 0 bridgehead atoms. The average molecular weight is 373 g/mol. The molecule has 0 saturated heterocycles. The second-order valence-electron chi connectivity index (χ2n) is 4.54. The molecule has 1 atom stereocenters. The maximum Gasteiger partial charge on any atom is 0.136 e. The van der Waals surface area contributed by atoms with E-state index in [1.165, 1.54) is 23.9 Å². The molecule has 0 aliphatic rings. The molecule has 0 spiro atoms. The van der Waals surface area contributed by atoms with Gasteiger partial charge in [0, 0.05) is 21.2 Å². The smallest absolute Gasteiger partial charge is 0.136 e. The summed E-state index contributed by atoms with van der Waals surface area (Å²) in [5.41, 5.74) is 3.23. The lowest BCUT2D eigenvalue weighted by Gasteiger charge is -2.16. The fourth-order valence-corrected chi connectivity index (χ4v) is 3.27. The molecule has 0 saturated carbocycles. The van der Waals surface area contributed by atoms with Crippen LogP contribution in [0.1, 0.15) is 5.56 Å². The summed E-state index contributed by atoms with van der Waals surface area (Å²) in [4.78, 5) is 0.562. The number of hydrogen-bond donors (Lipinski definition) is 2. The molecule has 0 aliphatic heterocycles. The topological polar surface area (TPSA) is 38.0 Å². The largest absolute Gasteiger partial charge is 0.271 e. The molecule has 6 heteroatoms. The van der Waals surface area contributed by atoms with E-state index in [0.29, 0.717) is 22.6 Å². The molecule has 2 rings (SSSR count). The standard InChI is InChI=1S/C15H15BrF2N2S/c16-11-5-6-13(17)10(7-11)8-12(20-19)9-21-15-4-2-1-3-14(15)18/h1-7,12,20H,8-9,19H2. The molecule has 3 N–H and O–H groups in total. The second-order valence-corrected chi connectivity index (χ2v) is 6.52. The van der Waals surface area contributed by atoms with Gasteiger partial charge in [0.2, 0.25) is 0 Å². The number of nitrogens with one attached hydrogen (secondary N) is 1. The van der Waals surface area contributed by atoms with Gasteiger partial charge in [-0.25, -0.2) is 8.78 Å². The third-order valence-corrected chi connectivity index (χ3v) is 4.69. The van der Waals surface area contributed by atoms with E-state index in [2.05, 4.69) is 21.4 Å². The fourth-order valence-electron chi connectivity index (χ4n) is 1.88. The highest BCUT2D eigenvalue weighted by Crippen LogP contribution is 2.23. The van der Waals surface area contributed by atoms with Gasteiger partial charge in [0.15, 0.2) is 0 Å². The Morgan fingerprint density at radius 3 is 2.62 bits per heavy atom. The maximum atomic E-state index is 13.7. The van der Waals surface area contributed by atoms with Crippen LogP contribution in [0.5, 0.6) is 0 Å². The molecule has 0 amide bonds. The Hall–Kier alpha value is -0.950. The molecule has 0 aliphatic carbocycles. The van der Waals surface area contributed by atoms with Crippen molar-refractivity contribution >= 4 is 27.7 Å². The molecule has 21 heavy (non-hydrogen) atoms. The SMILES string of the molecule is NNC(CSc1ccccc1F)Cc1cc(Br)ccc1F. The van der Waals surface area contributed by atoms with Gasteiger partial charge in [-0.15, -0.1) is 11.8 Å². The van der Waals surface area contributed by atoms with E-state index in [4.69, 9.17) is 5.84 Å². The van der Waals surface area contributed by atoms with Crippen LogP contribution >= 0.6 is 27.7 Å². The Morgan fingerprint density at radius 1 is 1.14 bits per heavy atom. The first-order valence-corrected chi connectivity index (χ1v) is 8.15. The van der Waals surface area contributed by atoms with E-state index in [1.54, 1.807) is 30.3 Å². The summed E-state index contributed by atoms with van der Waals surface area (Å²) in [6.07, 6.45) is 0.434. The number of hydrazine groups is 1. The fraction of sp³-hybridized carbons (Fsp3) is 0.200. The summed E-state index contributed by atoms with van der Waals surface area (Å²) in [6, 6.07) is 11.2. The Kier molecular flexibility index (Phi) is 6.17. The van der Waals surface area contributed by atoms with Gasteiger partial charge < -0.3 is 0 Å². The summed E-state index contributed by atoms with van der Waals surface area (Å²) in [5, 5.41) is 0. The summed E-state index contributed by atoms with van der Waals surface area (Å²) in [6.45, 7) is 0. The lowest BCUT2D eigenvalue weighted by Crippen LogP contribution is -2.38. The lowest BCUT2D eigenvalue weighted by atomic mass is 10.1. The summed E-state index contributed by atoms with van der Waals surface area (Å²) < 4.78 is 28.1. The highest BCUT2D eigenvalue weighted by atomic mass is 79.9. The van der Waals surface area contributed by atoms with Gasteiger partial charge in [-0.05, 0) is 42.3 Å². The molecule has 0 aromatic heterocycles. The predicted molar refractivity (Wildman–Crippen MR) is 86.0 cm³/mol. The zero-order valence-electron chi connectivity index (χ0n) is 11.2. The monoisotopic (exact) mass is 372 g/mol. The minimum atomic E-state index is -0.269. The van der Waals surface area contributed by atoms with E-state index >= 15 is 0 Å². The van der Waals surface area contributed by atoms with E-state index in [1.807, 2.05) is 0 Å². The first-order valence-electron chi connectivity index (χ1n) is 6.37. The molecule has 1 unspecified atom stereocenters. The van der Waals surface area contributed by atoms with Crippen LogP contribution in [-0.4, -0.2) is 11.8 Å². The van der Waals surface area contributed by atoms with Crippen molar-refractivity contribution in [3.63, 3.8) is 0 Å². The summed E-state index contributed by atoms with van der Waals surface area (Å²) in [5.74, 6) is 5.54. The average Bonchev–Trinajstić information content (AvgIpc) is 2.48. The molecular weight excluding hydrogens is 358 g/mol. The molecule has 112 valence electrons. The quantitative estimate of drug-likeness (QED) is 0.458. The second kappa shape index (κ2) is 7.89. The van der Waals surface area contributed by atoms with Crippen molar-refractivity contribution in [2.75, 3.05) is 5.75 Å². The number of benzene rings is 2. The number of thioether (sulfide) groups is 1. The van der Waals surface area contributed by atoms with Gasteiger partial charge >= 0.3 is 0 Å². The van der Waals surface area contributed by atoms with Crippen LogP contribution in [0.25, 0.3) is 0 Å². The van der Waals surface area contributed by atoms with Crippen LogP contribution in [-0.2, 0) is 6.42 Å². The van der Waals surface area contributed by atoms with Crippen LogP contribution in [0.2, 0.25) is 0 Å². The molecule has 0 fully saturated rings. The lowest BCUT2D eigenvalue weighted by molar-refractivity contribution is 0.545. The molecule has 2 aromatic rings. The maximum absolute atomic E-state index is 13.7. The van der Waals surface area contributed by atoms with Crippen LogP contribution in [0.3, 0.4) is 0 Å². The van der Waals surface area contributed by atoms with Gasteiger partial charge in [0.1, 0.15) is 11.6 Å². The Morgan fingerprint density at radius 2 is 1.90 bits per heavy atom. The van der Waals surface area contributed by atoms with Crippen molar-refractivity contribution in [1.82, 2.24) is 5.43 Å². The van der Waals surface area contributed by atoms with E-state index < -0.39 is 0 Å². The molecular formula is C15H15BrF2N2S. The third kappa shape index (κ3) is 4.78. The molecule has 0 heterocycles.